The van der Waals surface area contributed by atoms with E-state index in [1.165, 1.54) is 51.4 Å². The van der Waals surface area contributed by atoms with Crippen LogP contribution in [-0.4, -0.2) is 17.1 Å². The molecule has 114 valence electrons. The predicted molar refractivity (Wildman–Crippen MR) is 84.9 cm³/mol. The molecule has 3 rings (SSSR count). The summed E-state index contributed by atoms with van der Waals surface area (Å²) in [6, 6.07) is 5.85. The third-order valence-electron chi connectivity index (χ3n) is 5.55. The molecule has 21 heavy (non-hydrogen) atoms. The van der Waals surface area contributed by atoms with Gasteiger partial charge in [-0.05, 0) is 68.6 Å². The Bertz CT molecular complexity index is 522. The van der Waals surface area contributed by atoms with Crippen LogP contribution in [0.1, 0.15) is 67.3 Å². The number of carboxylic acids is 1. The lowest BCUT2D eigenvalue weighted by Crippen LogP contribution is -2.31. The van der Waals surface area contributed by atoms with Gasteiger partial charge in [0.15, 0.2) is 0 Å². The first-order valence-electron chi connectivity index (χ1n) is 8.19. The average Bonchev–Trinajstić information content (AvgIpc) is 2.92. The number of benzene rings is 1. The second kappa shape index (κ2) is 5.70. The van der Waals surface area contributed by atoms with Crippen LogP contribution in [0.25, 0.3) is 0 Å². The second-order valence-corrected chi connectivity index (χ2v) is 6.96. The van der Waals surface area contributed by atoms with Gasteiger partial charge in [0.1, 0.15) is 0 Å². The van der Waals surface area contributed by atoms with Gasteiger partial charge in [0.05, 0.1) is 5.56 Å². The summed E-state index contributed by atoms with van der Waals surface area (Å²) in [7, 11) is 0. The third kappa shape index (κ3) is 3.07. The van der Waals surface area contributed by atoms with Crippen molar-refractivity contribution in [1.29, 1.82) is 0 Å². The molecule has 2 aliphatic rings. The number of aryl methyl sites for hydroxylation is 1. The summed E-state index contributed by atoms with van der Waals surface area (Å²) in [5, 5.41) is 12.7. The van der Waals surface area contributed by atoms with Gasteiger partial charge in [0.25, 0.3) is 0 Å². The zero-order valence-corrected chi connectivity index (χ0v) is 12.8. The molecule has 0 amide bonds. The standard InChI is InChI=1S/C18H25NO2/c1-13-4-5-14(17(20)21)12-16(13)19-15-6-10-18(11-7-15)8-2-3-9-18/h4-5,12,15,19H,2-3,6-11H2,1H3,(H,20,21). The summed E-state index contributed by atoms with van der Waals surface area (Å²) in [6.45, 7) is 2.04. The zero-order valence-electron chi connectivity index (χ0n) is 12.8. The molecule has 0 radical (unpaired) electrons. The first-order chi connectivity index (χ1) is 10.1. The van der Waals surface area contributed by atoms with Gasteiger partial charge in [-0.3, -0.25) is 0 Å². The van der Waals surface area contributed by atoms with Crippen molar-refractivity contribution in [2.75, 3.05) is 5.32 Å². The van der Waals surface area contributed by atoms with E-state index in [2.05, 4.69) is 5.32 Å². The Kier molecular flexibility index (Phi) is 3.92. The highest BCUT2D eigenvalue weighted by Crippen LogP contribution is 2.49. The van der Waals surface area contributed by atoms with Crippen molar-refractivity contribution in [3.63, 3.8) is 0 Å². The molecule has 2 fully saturated rings. The first-order valence-corrected chi connectivity index (χ1v) is 8.19. The average molecular weight is 287 g/mol. The van der Waals surface area contributed by atoms with Crippen molar-refractivity contribution in [2.24, 2.45) is 5.41 Å². The Balaban J connectivity index is 1.65. The molecule has 0 atom stereocenters. The van der Waals surface area contributed by atoms with E-state index < -0.39 is 5.97 Å². The lowest BCUT2D eigenvalue weighted by molar-refractivity contribution is 0.0697. The van der Waals surface area contributed by atoms with Crippen molar-refractivity contribution in [1.82, 2.24) is 0 Å². The van der Waals surface area contributed by atoms with Crippen LogP contribution >= 0.6 is 0 Å². The largest absolute Gasteiger partial charge is 0.478 e. The fraction of sp³-hybridized carbons (Fsp3) is 0.611. The Morgan fingerprint density at radius 2 is 1.86 bits per heavy atom. The van der Waals surface area contributed by atoms with Gasteiger partial charge in [-0.15, -0.1) is 0 Å². The zero-order chi connectivity index (χ0) is 14.9. The van der Waals surface area contributed by atoms with E-state index >= 15 is 0 Å². The molecule has 0 unspecified atom stereocenters. The summed E-state index contributed by atoms with van der Waals surface area (Å²) in [5.74, 6) is -0.855. The molecule has 0 bridgehead atoms. The number of hydrogen-bond donors (Lipinski definition) is 2. The van der Waals surface area contributed by atoms with E-state index in [1.54, 1.807) is 12.1 Å². The summed E-state index contributed by atoms with van der Waals surface area (Å²) in [4.78, 5) is 11.1. The highest BCUT2D eigenvalue weighted by molar-refractivity contribution is 5.89. The maximum absolute atomic E-state index is 11.1. The Morgan fingerprint density at radius 1 is 1.19 bits per heavy atom. The van der Waals surface area contributed by atoms with Crippen LogP contribution in [0.5, 0.6) is 0 Å². The van der Waals surface area contributed by atoms with Crippen LogP contribution in [0.15, 0.2) is 18.2 Å². The summed E-state index contributed by atoms with van der Waals surface area (Å²) >= 11 is 0. The molecule has 1 aromatic carbocycles. The van der Waals surface area contributed by atoms with Crippen molar-refractivity contribution >= 4 is 11.7 Å². The lowest BCUT2D eigenvalue weighted by atomic mass is 9.71. The van der Waals surface area contributed by atoms with Gasteiger partial charge in [-0.25, -0.2) is 4.79 Å². The minimum absolute atomic E-state index is 0.367. The minimum Gasteiger partial charge on any atom is -0.478 e. The van der Waals surface area contributed by atoms with Crippen LogP contribution < -0.4 is 5.32 Å². The van der Waals surface area contributed by atoms with Crippen LogP contribution in [0, 0.1) is 12.3 Å². The SMILES string of the molecule is Cc1ccc(C(=O)O)cc1NC1CCC2(CCCC2)CC1. The molecule has 2 aliphatic carbocycles. The molecule has 0 heterocycles. The lowest BCUT2D eigenvalue weighted by Gasteiger charge is -2.38. The minimum atomic E-state index is -0.855. The number of carbonyl (C=O) groups is 1. The topological polar surface area (TPSA) is 49.3 Å². The summed E-state index contributed by atoms with van der Waals surface area (Å²) in [5.41, 5.74) is 3.13. The van der Waals surface area contributed by atoms with Crippen molar-refractivity contribution in [3.05, 3.63) is 29.3 Å². The summed E-state index contributed by atoms with van der Waals surface area (Å²) < 4.78 is 0. The van der Waals surface area contributed by atoms with Gasteiger partial charge in [0.2, 0.25) is 0 Å². The number of aromatic carboxylic acids is 1. The molecule has 2 saturated carbocycles. The van der Waals surface area contributed by atoms with E-state index in [1.807, 2.05) is 13.0 Å². The summed E-state index contributed by atoms with van der Waals surface area (Å²) in [6.07, 6.45) is 10.8. The van der Waals surface area contributed by atoms with Gasteiger partial charge in [-0.2, -0.15) is 0 Å². The van der Waals surface area contributed by atoms with Crippen molar-refractivity contribution in [3.8, 4) is 0 Å². The van der Waals surface area contributed by atoms with Crippen LogP contribution in [0.4, 0.5) is 5.69 Å². The molecule has 0 saturated heterocycles. The Morgan fingerprint density at radius 3 is 2.48 bits per heavy atom. The maximum atomic E-state index is 11.1. The van der Waals surface area contributed by atoms with E-state index in [-0.39, 0.29) is 0 Å². The van der Waals surface area contributed by atoms with Crippen LogP contribution in [0.3, 0.4) is 0 Å². The second-order valence-electron chi connectivity index (χ2n) is 6.96. The van der Waals surface area contributed by atoms with Gasteiger partial charge in [0, 0.05) is 11.7 Å². The number of hydrogen-bond acceptors (Lipinski definition) is 2. The predicted octanol–water partition coefficient (Wildman–Crippen LogP) is 4.61. The molecule has 0 aromatic heterocycles. The van der Waals surface area contributed by atoms with E-state index in [9.17, 15) is 4.79 Å². The number of anilines is 1. The van der Waals surface area contributed by atoms with Crippen LogP contribution in [-0.2, 0) is 0 Å². The third-order valence-corrected chi connectivity index (χ3v) is 5.55. The Labute approximate surface area is 126 Å². The molecule has 1 aromatic rings. The quantitative estimate of drug-likeness (QED) is 0.853. The fourth-order valence-corrected chi connectivity index (χ4v) is 4.13. The van der Waals surface area contributed by atoms with E-state index in [0.29, 0.717) is 17.0 Å². The Hall–Kier alpha value is -1.51. The molecular weight excluding hydrogens is 262 g/mol. The van der Waals surface area contributed by atoms with E-state index in [4.69, 9.17) is 5.11 Å². The monoisotopic (exact) mass is 287 g/mol. The molecule has 3 heteroatoms. The molecule has 1 spiro atoms. The fourth-order valence-electron chi connectivity index (χ4n) is 4.13. The van der Waals surface area contributed by atoms with Gasteiger partial charge < -0.3 is 10.4 Å². The molecule has 0 aliphatic heterocycles. The number of rotatable bonds is 3. The molecule has 2 N–H and O–H groups in total. The van der Waals surface area contributed by atoms with Crippen molar-refractivity contribution < 1.29 is 9.90 Å². The highest BCUT2D eigenvalue weighted by atomic mass is 16.4. The normalized spacial score (nSPS) is 21.6. The van der Waals surface area contributed by atoms with Crippen LogP contribution in [0.2, 0.25) is 0 Å². The molecule has 3 nitrogen and oxygen atoms in total. The van der Waals surface area contributed by atoms with E-state index in [0.717, 1.165) is 11.3 Å². The highest BCUT2D eigenvalue weighted by Gasteiger charge is 2.37. The maximum Gasteiger partial charge on any atom is 0.335 e. The smallest absolute Gasteiger partial charge is 0.335 e. The first kappa shape index (κ1) is 14.4. The number of carboxylic acid groups (broad SMARTS) is 1. The van der Waals surface area contributed by atoms with Crippen molar-refractivity contribution in [2.45, 2.75) is 64.3 Å². The van der Waals surface area contributed by atoms with Gasteiger partial charge in [-0.1, -0.05) is 18.9 Å². The number of nitrogens with one attached hydrogen (secondary N) is 1. The van der Waals surface area contributed by atoms with Gasteiger partial charge >= 0.3 is 5.97 Å². The molecular formula is C18H25NO2.